The van der Waals surface area contributed by atoms with Gasteiger partial charge in [0.2, 0.25) is 17.8 Å². The van der Waals surface area contributed by atoms with Gasteiger partial charge in [0.15, 0.2) is 0 Å². The third kappa shape index (κ3) is 11.6. The first-order valence-corrected chi connectivity index (χ1v) is 29.5. The zero-order valence-electron chi connectivity index (χ0n) is 45.2. The van der Waals surface area contributed by atoms with Crippen molar-refractivity contribution in [2.75, 3.05) is 60.7 Å². The summed E-state index contributed by atoms with van der Waals surface area (Å²) in [6.45, 7) is 11.7. The van der Waals surface area contributed by atoms with E-state index in [1.807, 2.05) is 37.8 Å². The van der Waals surface area contributed by atoms with Gasteiger partial charge >= 0.3 is 0 Å². The Bertz CT molecular complexity index is 3070. The summed E-state index contributed by atoms with van der Waals surface area (Å²) in [6, 6.07) is 2.58. The second kappa shape index (κ2) is 22.8. The van der Waals surface area contributed by atoms with Crippen LogP contribution in [0.4, 0.5) is 23.5 Å². The maximum absolute atomic E-state index is 12.7. The molecule has 0 aromatic carbocycles. The quantitative estimate of drug-likeness (QED) is 0.0433. The van der Waals surface area contributed by atoms with Gasteiger partial charge < -0.3 is 61.4 Å². The van der Waals surface area contributed by atoms with E-state index in [2.05, 4.69) is 26.3 Å². The molecule has 0 bridgehead atoms. The maximum Gasteiger partial charge on any atom is 0.241 e. The average Bonchev–Trinajstić information content (AvgIpc) is 4.42. The average molecular weight is 1110 g/mol. The normalized spacial score (nSPS) is 26.8. The molecule has 1 unspecified atom stereocenters. The van der Waals surface area contributed by atoms with Crippen LogP contribution in [0, 0.1) is 38.5 Å². The van der Waals surface area contributed by atoms with E-state index in [4.69, 9.17) is 44.4 Å². The summed E-state index contributed by atoms with van der Waals surface area (Å²) >= 11 is 2.93. The second-order valence-electron chi connectivity index (χ2n) is 23.0. The fourth-order valence-corrected chi connectivity index (χ4v) is 14.8. The number of pyridine rings is 2. The molecule has 5 aliphatic rings. The standard InChI is InChI=1S/C55H75N13O8S2/c1-28-39(50-64-41-30(3)56-19-13-36(41)77-50)47(67-53(61-28)59-21-17-55(74)15-8-9-16-55)62-34-24-32(26-68-22-23-75-27-38(68)69)46(45(34)72)76-49-42-37(14-20-57-49)78-51(65-42)40-29(2)60-52(58-18-12-31-10-6-7-11-31)66-48(40)63-35-25-33(54(4,5)73)43(70)44(35)71/h13-14,19-20,31-35,38,43-46,69-74H,6-12,15-18,21-27H2,1-5H3,(H2,58,60,63,66)(H2,59,61,62,67)/t32-,33+,34-,35-,38?,43-,44+,45+,46-/m1/s1. The number of aryl methyl sites for hydroxylation is 3. The van der Waals surface area contributed by atoms with Gasteiger partial charge in [-0.05, 0) is 91.2 Å². The van der Waals surface area contributed by atoms with Crippen molar-refractivity contribution in [3.05, 3.63) is 41.6 Å². The van der Waals surface area contributed by atoms with Crippen LogP contribution < -0.4 is 26.0 Å². The van der Waals surface area contributed by atoms with Crippen LogP contribution in [-0.2, 0) is 4.74 Å². The van der Waals surface area contributed by atoms with E-state index in [0.29, 0.717) is 120 Å². The topological polar surface area (TPSA) is 294 Å². The lowest BCUT2D eigenvalue weighted by molar-refractivity contribution is -0.114. The molecule has 21 nitrogen and oxygen atoms in total. The molecule has 0 radical (unpaired) electrons. The molecular formula is C55H75N13O8S2. The lowest BCUT2D eigenvalue weighted by atomic mass is 9.88. The molecule has 9 atom stereocenters. The Hall–Kier alpha value is -5.08. The number of anilines is 4. The van der Waals surface area contributed by atoms with Crippen LogP contribution in [0.1, 0.15) is 108 Å². The van der Waals surface area contributed by atoms with Gasteiger partial charge in [-0.2, -0.15) is 9.97 Å². The van der Waals surface area contributed by atoms with Crippen LogP contribution in [0.25, 0.3) is 41.6 Å². The first kappa shape index (κ1) is 54.9. The summed E-state index contributed by atoms with van der Waals surface area (Å²) in [4.78, 5) is 41.3. The minimum Gasteiger partial charge on any atom is -0.470 e. The molecule has 1 aliphatic heterocycles. The molecule has 1 saturated heterocycles. The van der Waals surface area contributed by atoms with Gasteiger partial charge in [0.1, 0.15) is 57.2 Å². The number of nitrogens with zero attached hydrogens (tertiary/aromatic N) is 9. The van der Waals surface area contributed by atoms with Crippen LogP contribution in [0.5, 0.6) is 5.88 Å². The Balaban J connectivity index is 0.913. The summed E-state index contributed by atoms with van der Waals surface area (Å²) in [7, 11) is 0. The number of aliphatic hydroxyl groups excluding tert-OH is 4. The zero-order valence-corrected chi connectivity index (χ0v) is 46.8. The van der Waals surface area contributed by atoms with E-state index in [-0.39, 0.29) is 18.4 Å². The molecule has 7 heterocycles. The van der Waals surface area contributed by atoms with Crippen LogP contribution >= 0.6 is 22.7 Å². The van der Waals surface area contributed by atoms with Crippen LogP contribution in [-0.4, -0.2) is 169 Å². The number of rotatable bonds is 19. The molecule has 4 aliphatic carbocycles. The summed E-state index contributed by atoms with van der Waals surface area (Å²) in [5.41, 5.74) is 2.77. The second-order valence-corrected chi connectivity index (χ2v) is 25.1. The largest absolute Gasteiger partial charge is 0.470 e. The van der Waals surface area contributed by atoms with Crippen LogP contribution in [0.2, 0.25) is 0 Å². The maximum atomic E-state index is 12.7. The minimum absolute atomic E-state index is 0.163. The number of aliphatic hydroxyl groups is 6. The van der Waals surface area contributed by atoms with Crippen molar-refractivity contribution in [1.29, 1.82) is 0 Å². The van der Waals surface area contributed by atoms with Crippen molar-refractivity contribution in [3.63, 3.8) is 0 Å². The predicted octanol–water partition coefficient (Wildman–Crippen LogP) is 6.19. The number of thiazole rings is 2. The zero-order chi connectivity index (χ0) is 54.5. The molecule has 0 spiro atoms. The number of fused-ring (bicyclic) bond motifs is 2. The van der Waals surface area contributed by atoms with Gasteiger partial charge in [-0.3, -0.25) is 9.88 Å². The highest BCUT2D eigenvalue weighted by atomic mass is 32.1. The van der Waals surface area contributed by atoms with Gasteiger partial charge in [0.05, 0.1) is 80.2 Å². The first-order valence-electron chi connectivity index (χ1n) is 27.9. The molecule has 6 aromatic heterocycles. The van der Waals surface area contributed by atoms with Crippen molar-refractivity contribution in [2.24, 2.45) is 17.8 Å². The number of aromatic nitrogens is 8. The molecular weight excluding hydrogens is 1030 g/mol. The third-order valence-corrected chi connectivity index (χ3v) is 19.1. The van der Waals surface area contributed by atoms with Crippen LogP contribution in [0.15, 0.2) is 24.5 Å². The van der Waals surface area contributed by atoms with E-state index >= 15 is 0 Å². The molecule has 23 heteroatoms. The highest BCUT2D eigenvalue weighted by Crippen LogP contribution is 2.44. The summed E-state index contributed by atoms with van der Waals surface area (Å²) < 4.78 is 14.3. The van der Waals surface area contributed by atoms with Crippen molar-refractivity contribution < 1.29 is 40.1 Å². The molecule has 420 valence electrons. The SMILES string of the molecule is Cc1nc(NCCC2(O)CCCC2)nc(N[C@@H]2C[C@H](CN3CCOCC3O)[C@@H](Oc3nccc4sc(-c5c(C)nc(NCCC6CCCC6)nc5N[C@@H]5C[C@H](C(C)(C)O)[C@@H](O)[C@H]5O)nc34)[C@H]2O)c1-c1nc2c(C)nccc2s1. The van der Waals surface area contributed by atoms with E-state index in [0.717, 1.165) is 52.7 Å². The number of hydrogen-bond acceptors (Lipinski definition) is 23. The molecule has 6 aromatic rings. The fourth-order valence-electron chi connectivity index (χ4n) is 12.6. The van der Waals surface area contributed by atoms with Crippen LogP contribution in [0.3, 0.4) is 0 Å². The van der Waals surface area contributed by atoms with Crippen molar-refractivity contribution in [1.82, 2.24) is 44.8 Å². The van der Waals surface area contributed by atoms with Gasteiger partial charge in [0.25, 0.3) is 0 Å². The Morgan fingerprint density at radius 3 is 1.99 bits per heavy atom. The highest BCUT2D eigenvalue weighted by molar-refractivity contribution is 7.22. The smallest absolute Gasteiger partial charge is 0.241 e. The molecule has 78 heavy (non-hydrogen) atoms. The number of nitrogens with one attached hydrogen (secondary N) is 4. The Labute approximate surface area is 462 Å². The van der Waals surface area contributed by atoms with Crippen molar-refractivity contribution in [2.45, 2.75) is 166 Å². The minimum atomic E-state index is -1.23. The summed E-state index contributed by atoms with van der Waals surface area (Å²) in [6.07, 6.45) is 9.16. The lowest BCUT2D eigenvalue weighted by Gasteiger charge is -2.35. The van der Waals surface area contributed by atoms with Gasteiger partial charge in [0, 0.05) is 50.4 Å². The first-order chi connectivity index (χ1) is 37.5. The molecule has 4 saturated carbocycles. The molecule has 10 N–H and O–H groups in total. The fraction of sp³-hybridized carbons (Fsp3) is 0.636. The Kier molecular flexibility index (Phi) is 16.0. The van der Waals surface area contributed by atoms with E-state index in [9.17, 15) is 30.6 Å². The highest BCUT2D eigenvalue weighted by Gasteiger charge is 2.49. The molecule has 11 rings (SSSR count). The Morgan fingerprint density at radius 2 is 1.36 bits per heavy atom. The lowest BCUT2D eigenvalue weighted by Crippen LogP contribution is -2.49. The number of ether oxygens (including phenoxy) is 2. The monoisotopic (exact) mass is 1110 g/mol. The predicted molar refractivity (Wildman–Crippen MR) is 301 cm³/mol. The van der Waals surface area contributed by atoms with E-state index in [1.165, 1.54) is 48.4 Å². The molecule has 5 fully saturated rings. The van der Waals surface area contributed by atoms with Gasteiger partial charge in [-0.25, -0.2) is 24.9 Å². The number of morpholine rings is 1. The summed E-state index contributed by atoms with van der Waals surface area (Å²) in [5, 5.41) is 83.6. The number of hydrogen-bond donors (Lipinski definition) is 10. The third-order valence-electron chi connectivity index (χ3n) is 17.0. The van der Waals surface area contributed by atoms with E-state index < -0.39 is 59.8 Å². The van der Waals surface area contributed by atoms with E-state index in [1.54, 1.807) is 26.2 Å². The van der Waals surface area contributed by atoms with Gasteiger partial charge in [-0.15, -0.1) is 22.7 Å². The van der Waals surface area contributed by atoms with Crippen molar-refractivity contribution in [3.8, 4) is 27.0 Å². The van der Waals surface area contributed by atoms with Crippen molar-refractivity contribution >= 4 is 66.6 Å². The Morgan fingerprint density at radius 1 is 0.744 bits per heavy atom. The van der Waals surface area contributed by atoms with Gasteiger partial charge in [-0.1, -0.05) is 38.5 Å². The summed E-state index contributed by atoms with van der Waals surface area (Å²) in [5.74, 6) is 1.73. The molecule has 0 amide bonds.